The Morgan fingerprint density at radius 3 is 2.57 bits per heavy atom. The average Bonchev–Trinajstić information content (AvgIpc) is 2.92. The van der Waals surface area contributed by atoms with E-state index in [1.807, 2.05) is 18.2 Å². The maximum atomic E-state index is 13.1. The summed E-state index contributed by atoms with van der Waals surface area (Å²) in [6, 6.07) is 12.3. The van der Waals surface area contributed by atoms with Gasteiger partial charge in [0.1, 0.15) is 4.90 Å². The summed E-state index contributed by atoms with van der Waals surface area (Å²) in [5.41, 5.74) is 0.830. The third-order valence-electron chi connectivity index (χ3n) is 3.62. The van der Waals surface area contributed by atoms with Crippen LogP contribution in [0.1, 0.15) is 0 Å². The van der Waals surface area contributed by atoms with Crippen molar-refractivity contribution in [3.63, 3.8) is 0 Å². The molecule has 3 heterocycles. The molecular formula is C16H10BrN3O2S. The molecule has 0 aliphatic carbocycles. The minimum atomic E-state index is -3.81. The van der Waals surface area contributed by atoms with Crippen LogP contribution in [-0.2, 0) is 10.0 Å². The second-order valence-electron chi connectivity index (χ2n) is 4.98. The third-order valence-corrected chi connectivity index (χ3v) is 5.93. The monoisotopic (exact) mass is 387 g/mol. The molecule has 0 N–H and O–H groups in total. The zero-order chi connectivity index (χ0) is 16.0. The lowest BCUT2D eigenvalue weighted by atomic mass is 10.2. The molecule has 0 radical (unpaired) electrons. The van der Waals surface area contributed by atoms with Gasteiger partial charge in [0.25, 0.3) is 10.0 Å². The van der Waals surface area contributed by atoms with Crippen LogP contribution >= 0.6 is 15.9 Å². The smallest absolute Gasteiger partial charge is 0.255 e. The molecule has 3 aromatic heterocycles. The van der Waals surface area contributed by atoms with Crippen LogP contribution in [0.4, 0.5) is 0 Å². The number of para-hydroxylation sites is 1. The highest BCUT2D eigenvalue weighted by atomic mass is 79.9. The van der Waals surface area contributed by atoms with Crippen molar-refractivity contribution in [1.82, 2.24) is 13.9 Å². The molecule has 114 valence electrons. The van der Waals surface area contributed by atoms with Crippen molar-refractivity contribution in [2.45, 2.75) is 4.90 Å². The van der Waals surface area contributed by atoms with E-state index in [9.17, 15) is 8.42 Å². The van der Waals surface area contributed by atoms with Gasteiger partial charge in [-0.25, -0.2) is 17.4 Å². The number of aromatic nitrogens is 3. The molecule has 4 aromatic rings. The second-order valence-corrected chi connectivity index (χ2v) is 7.62. The SMILES string of the molecule is O=S(=O)(c1cccc2cccnc12)n1cc(Br)c2cccnc21. The van der Waals surface area contributed by atoms with Gasteiger partial charge in [0.05, 0.1) is 5.52 Å². The van der Waals surface area contributed by atoms with Gasteiger partial charge in [-0.05, 0) is 40.2 Å². The molecule has 0 saturated heterocycles. The summed E-state index contributed by atoms with van der Waals surface area (Å²) in [4.78, 5) is 8.60. The Bertz CT molecular complexity index is 1150. The van der Waals surface area contributed by atoms with Gasteiger partial charge < -0.3 is 0 Å². The highest BCUT2D eigenvalue weighted by molar-refractivity contribution is 9.10. The number of rotatable bonds is 2. The van der Waals surface area contributed by atoms with E-state index in [4.69, 9.17) is 0 Å². The van der Waals surface area contributed by atoms with Gasteiger partial charge >= 0.3 is 0 Å². The Kier molecular flexibility index (Phi) is 3.21. The fraction of sp³-hybridized carbons (Fsp3) is 0. The highest BCUT2D eigenvalue weighted by Crippen LogP contribution is 2.30. The summed E-state index contributed by atoms with van der Waals surface area (Å²) in [6.07, 6.45) is 4.68. The Balaban J connectivity index is 2.07. The van der Waals surface area contributed by atoms with Crippen LogP contribution in [0.25, 0.3) is 21.9 Å². The van der Waals surface area contributed by atoms with E-state index in [1.165, 1.54) is 10.2 Å². The van der Waals surface area contributed by atoms with Gasteiger partial charge in [0.2, 0.25) is 0 Å². The van der Waals surface area contributed by atoms with E-state index >= 15 is 0 Å². The minimum absolute atomic E-state index is 0.158. The van der Waals surface area contributed by atoms with Gasteiger partial charge in [-0.3, -0.25) is 4.98 Å². The molecule has 0 aliphatic rings. The lowest BCUT2D eigenvalue weighted by molar-refractivity contribution is 0.589. The first-order valence-electron chi connectivity index (χ1n) is 6.80. The number of pyridine rings is 2. The van der Waals surface area contributed by atoms with Gasteiger partial charge in [0, 0.05) is 33.8 Å². The zero-order valence-electron chi connectivity index (χ0n) is 11.7. The number of hydrogen-bond acceptors (Lipinski definition) is 4. The van der Waals surface area contributed by atoms with Gasteiger partial charge in [-0.2, -0.15) is 0 Å². The van der Waals surface area contributed by atoms with Crippen molar-refractivity contribution in [3.8, 4) is 0 Å². The van der Waals surface area contributed by atoms with Crippen LogP contribution in [0.15, 0.2) is 70.4 Å². The molecule has 0 spiro atoms. The molecule has 1 aromatic carbocycles. The lowest BCUT2D eigenvalue weighted by Crippen LogP contribution is -2.13. The number of benzene rings is 1. The maximum absolute atomic E-state index is 13.1. The molecule has 7 heteroatoms. The standard InChI is InChI=1S/C16H10BrN3O2S/c17-13-10-20(16-12(13)6-3-9-19-16)23(21,22)14-7-1-4-11-5-2-8-18-15(11)14/h1-10H. The summed E-state index contributed by atoms with van der Waals surface area (Å²) in [6.45, 7) is 0. The van der Waals surface area contributed by atoms with Crippen LogP contribution in [0, 0.1) is 0 Å². The van der Waals surface area contributed by atoms with Crippen LogP contribution in [0.5, 0.6) is 0 Å². The van der Waals surface area contributed by atoms with Crippen molar-refractivity contribution in [2.75, 3.05) is 0 Å². The molecule has 5 nitrogen and oxygen atoms in total. The minimum Gasteiger partial charge on any atom is -0.255 e. The molecule has 4 rings (SSSR count). The predicted octanol–water partition coefficient (Wildman–Crippen LogP) is 3.58. The van der Waals surface area contributed by atoms with E-state index in [2.05, 4.69) is 25.9 Å². The highest BCUT2D eigenvalue weighted by Gasteiger charge is 2.24. The van der Waals surface area contributed by atoms with Crippen molar-refractivity contribution < 1.29 is 8.42 Å². The van der Waals surface area contributed by atoms with E-state index in [0.717, 1.165) is 10.8 Å². The first kappa shape index (κ1) is 14.3. The van der Waals surface area contributed by atoms with Gasteiger partial charge in [0.15, 0.2) is 5.65 Å². The normalized spacial score (nSPS) is 12.0. The van der Waals surface area contributed by atoms with Crippen molar-refractivity contribution in [2.24, 2.45) is 0 Å². The quantitative estimate of drug-likeness (QED) is 0.527. The summed E-state index contributed by atoms with van der Waals surface area (Å²) < 4.78 is 28.1. The van der Waals surface area contributed by atoms with Gasteiger partial charge in [-0.1, -0.05) is 18.2 Å². The Morgan fingerprint density at radius 1 is 0.957 bits per heavy atom. The van der Waals surface area contributed by atoms with Crippen LogP contribution in [0.2, 0.25) is 0 Å². The summed E-state index contributed by atoms with van der Waals surface area (Å²) in [5.74, 6) is 0. The van der Waals surface area contributed by atoms with E-state index in [-0.39, 0.29) is 4.90 Å². The molecule has 23 heavy (non-hydrogen) atoms. The molecular weight excluding hydrogens is 378 g/mol. The molecule has 0 aliphatic heterocycles. The molecule has 0 bridgehead atoms. The van der Waals surface area contributed by atoms with E-state index < -0.39 is 10.0 Å². The van der Waals surface area contributed by atoms with Crippen LogP contribution < -0.4 is 0 Å². The maximum Gasteiger partial charge on any atom is 0.271 e. The number of halogens is 1. The number of fused-ring (bicyclic) bond motifs is 2. The zero-order valence-corrected chi connectivity index (χ0v) is 14.1. The summed E-state index contributed by atoms with van der Waals surface area (Å²) in [7, 11) is -3.81. The van der Waals surface area contributed by atoms with Crippen molar-refractivity contribution in [1.29, 1.82) is 0 Å². The Morgan fingerprint density at radius 2 is 1.70 bits per heavy atom. The average molecular weight is 388 g/mol. The first-order chi connectivity index (χ1) is 11.1. The molecule has 0 atom stereocenters. The summed E-state index contributed by atoms with van der Waals surface area (Å²) in [5, 5.41) is 1.52. The molecule has 0 amide bonds. The van der Waals surface area contributed by atoms with Crippen LogP contribution in [0.3, 0.4) is 0 Å². The third kappa shape index (κ3) is 2.15. The fourth-order valence-electron chi connectivity index (χ4n) is 2.57. The molecule has 0 fully saturated rings. The molecule has 0 unspecified atom stereocenters. The van der Waals surface area contributed by atoms with Crippen LogP contribution in [-0.4, -0.2) is 22.4 Å². The lowest BCUT2D eigenvalue weighted by Gasteiger charge is -2.09. The predicted molar refractivity (Wildman–Crippen MR) is 91.8 cm³/mol. The number of hydrogen-bond donors (Lipinski definition) is 0. The van der Waals surface area contributed by atoms with Crippen molar-refractivity contribution >= 4 is 47.9 Å². The van der Waals surface area contributed by atoms with Crippen molar-refractivity contribution in [3.05, 3.63) is 65.5 Å². The largest absolute Gasteiger partial charge is 0.271 e. The second kappa shape index (κ2) is 5.14. The Labute approximate surface area is 140 Å². The van der Waals surface area contributed by atoms with E-state index in [1.54, 1.807) is 36.7 Å². The fourth-order valence-corrected chi connectivity index (χ4v) is 4.71. The van der Waals surface area contributed by atoms with E-state index in [0.29, 0.717) is 15.6 Å². The first-order valence-corrected chi connectivity index (χ1v) is 9.03. The van der Waals surface area contributed by atoms with Gasteiger partial charge in [-0.15, -0.1) is 0 Å². The molecule has 0 saturated carbocycles. The summed E-state index contributed by atoms with van der Waals surface area (Å²) >= 11 is 3.39. The topological polar surface area (TPSA) is 64.8 Å². The Hall–Kier alpha value is -2.25. The number of nitrogens with zero attached hydrogens (tertiary/aromatic N) is 3.